The highest BCUT2D eigenvalue weighted by molar-refractivity contribution is 4.75. The van der Waals surface area contributed by atoms with Gasteiger partial charge in [-0.25, -0.2) is 0 Å². The van der Waals surface area contributed by atoms with Gasteiger partial charge in [0.25, 0.3) is 0 Å². The van der Waals surface area contributed by atoms with Gasteiger partial charge < -0.3 is 10.4 Å². The number of rotatable bonds is 8. The molecule has 0 spiro atoms. The van der Waals surface area contributed by atoms with Crippen LogP contribution in [0.3, 0.4) is 0 Å². The molecule has 2 unspecified atom stereocenters. The zero-order chi connectivity index (χ0) is 11.0. The Morgan fingerprint density at radius 3 is 2.14 bits per heavy atom. The summed E-state index contributed by atoms with van der Waals surface area (Å²) < 4.78 is 0. The highest BCUT2D eigenvalue weighted by atomic mass is 16.3. The van der Waals surface area contributed by atoms with Gasteiger partial charge in [0.1, 0.15) is 0 Å². The summed E-state index contributed by atoms with van der Waals surface area (Å²) in [5.41, 5.74) is 0. The molecule has 0 saturated carbocycles. The fraction of sp³-hybridized carbons (Fsp3) is 1.00. The largest absolute Gasteiger partial charge is 0.396 e. The van der Waals surface area contributed by atoms with Gasteiger partial charge in [-0.2, -0.15) is 0 Å². The maximum absolute atomic E-state index is 8.96. The number of aliphatic hydroxyl groups is 1. The fourth-order valence-electron chi connectivity index (χ4n) is 1.80. The summed E-state index contributed by atoms with van der Waals surface area (Å²) in [4.78, 5) is 0. The van der Waals surface area contributed by atoms with Crippen LogP contribution in [0.2, 0.25) is 0 Å². The van der Waals surface area contributed by atoms with Gasteiger partial charge in [0.2, 0.25) is 0 Å². The van der Waals surface area contributed by atoms with Crippen LogP contribution in [0.5, 0.6) is 0 Å². The van der Waals surface area contributed by atoms with E-state index in [4.69, 9.17) is 5.11 Å². The van der Waals surface area contributed by atoms with E-state index < -0.39 is 0 Å². The van der Waals surface area contributed by atoms with Gasteiger partial charge in [-0.1, -0.05) is 34.1 Å². The lowest BCUT2D eigenvalue weighted by atomic mass is 9.98. The molecule has 0 radical (unpaired) electrons. The summed E-state index contributed by atoms with van der Waals surface area (Å²) in [7, 11) is 0. The van der Waals surface area contributed by atoms with Crippen LogP contribution >= 0.6 is 0 Å². The lowest BCUT2D eigenvalue weighted by molar-refractivity contribution is 0.231. The van der Waals surface area contributed by atoms with E-state index in [-0.39, 0.29) is 0 Å². The van der Waals surface area contributed by atoms with Crippen molar-refractivity contribution in [3.63, 3.8) is 0 Å². The quantitative estimate of drug-likeness (QED) is 0.632. The highest BCUT2D eigenvalue weighted by Gasteiger charge is 2.15. The molecule has 2 N–H and O–H groups in total. The van der Waals surface area contributed by atoms with Crippen molar-refractivity contribution in [1.29, 1.82) is 0 Å². The molecule has 0 amide bonds. The van der Waals surface area contributed by atoms with E-state index in [0.29, 0.717) is 24.6 Å². The lowest BCUT2D eigenvalue weighted by Gasteiger charge is -2.27. The Hall–Kier alpha value is -0.0800. The Balaban J connectivity index is 3.97. The molecule has 0 fully saturated rings. The summed E-state index contributed by atoms with van der Waals surface area (Å²) >= 11 is 0. The van der Waals surface area contributed by atoms with Gasteiger partial charge in [-0.05, 0) is 25.2 Å². The minimum atomic E-state index is 0.290. The van der Waals surface area contributed by atoms with E-state index in [1.807, 2.05) is 0 Å². The van der Waals surface area contributed by atoms with Crippen molar-refractivity contribution in [1.82, 2.24) is 5.32 Å². The molecule has 0 rings (SSSR count). The molecule has 0 heterocycles. The van der Waals surface area contributed by atoms with E-state index >= 15 is 0 Å². The van der Waals surface area contributed by atoms with Crippen LogP contribution in [0, 0.1) is 5.92 Å². The van der Waals surface area contributed by atoms with Crippen LogP contribution in [0.1, 0.15) is 53.4 Å². The van der Waals surface area contributed by atoms with Crippen molar-refractivity contribution < 1.29 is 5.11 Å². The standard InChI is InChI=1S/C12H27NO/c1-5-7-11(6-2)13-12(8-9-14)10(3)4/h10-14H,5-9H2,1-4H3. The summed E-state index contributed by atoms with van der Waals surface area (Å²) in [6.45, 7) is 9.17. The monoisotopic (exact) mass is 201 g/mol. The van der Waals surface area contributed by atoms with Crippen LogP contribution in [0.25, 0.3) is 0 Å². The molecule has 2 nitrogen and oxygen atoms in total. The second-order valence-corrected chi connectivity index (χ2v) is 4.42. The van der Waals surface area contributed by atoms with E-state index in [2.05, 4.69) is 33.0 Å². The van der Waals surface area contributed by atoms with E-state index in [9.17, 15) is 0 Å². The van der Waals surface area contributed by atoms with Crippen LogP contribution in [-0.2, 0) is 0 Å². The van der Waals surface area contributed by atoms with Crippen molar-refractivity contribution in [3.8, 4) is 0 Å². The number of aliphatic hydroxyl groups excluding tert-OH is 1. The molecule has 0 saturated heterocycles. The Bertz CT molecular complexity index is 125. The third-order valence-electron chi connectivity index (χ3n) is 2.82. The predicted octanol–water partition coefficient (Wildman–Crippen LogP) is 2.56. The summed E-state index contributed by atoms with van der Waals surface area (Å²) in [6.07, 6.45) is 4.53. The number of hydrogen-bond acceptors (Lipinski definition) is 2. The molecular formula is C12H27NO. The average Bonchev–Trinajstić information content (AvgIpc) is 2.15. The maximum Gasteiger partial charge on any atom is 0.0445 e. The normalized spacial score (nSPS) is 15.9. The summed E-state index contributed by atoms with van der Waals surface area (Å²) in [5.74, 6) is 0.605. The predicted molar refractivity (Wildman–Crippen MR) is 62.5 cm³/mol. The molecular weight excluding hydrogens is 174 g/mol. The first-order valence-electron chi connectivity index (χ1n) is 6.02. The maximum atomic E-state index is 8.96. The van der Waals surface area contributed by atoms with Crippen molar-refractivity contribution in [2.45, 2.75) is 65.5 Å². The zero-order valence-electron chi connectivity index (χ0n) is 10.2. The molecule has 0 aliphatic heterocycles. The smallest absolute Gasteiger partial charge is 0.0445 e. The van der Waals surface area contributed by atoms with Gasteiger partial charge >= 0.3 is 0 Å². The third kappa shape index (κ3) is 5.61. The first-order chi connectivity index (χ1) is 6.65. The van der Waals surface area contributed by atoms with Crippen molar-refractivity contribution in [3.05, 3.63) is 0 Å². The second kappa shape index (κ2) is 8.25. The molecule has 0 aromatic heterocycles. The first-order valence-corrected chi connectivity index (χ1v) is 6.02. The highest BCUT2D eigenvalue weighted by Crippen LogP contribution is 2.10. The van der Waals surface area contributed by atoms with E-state index in [1.54, 1.807) is 0 Å². The molecule has 86 valence electrons. The van der Waals surface area contributed by atoms with Crippen LogP contribution in [-0.4, -0.2) is 23.8 Å². The fourth-order valence-corrected chi connectivity index (χ4v) is 1.80. The van der Waals surface area contributed by atoms with Crippen LogP contribution in [0.15, 0.2) is 0 Å². The first kappa shape index (κ1) is 13.9. The zero-order valence-corrected chi connectivity index (χ0v) is 10.2. The Morgan fingerprint density at radius 2 is 1.79 bits per heavy atom. The van der Waals surface area contributed by atoms with Gasteiger partial charge in [0.15, 0.2) is 0 Å². The minimum Gasteiger partial charge on any atom is -0.396 e. The Labute approximate surface area is 89.1 Å². The van der Waals surface area contributed by atoms with E-state index in [0.717, 1.165) is 6.42 Å². The van der Waals surface area contributed by atoms with Gasteiger partial charge in [-0.15, -0.1) is 0 Å². The lowest BCUT2D eigenvalue weighted by Crippen LogP contribution is -2.41. The van der Waals surface area contributed by atoms with Crippen LogP contribution < -0.4 is 5.32 Å². The third-order valence-corrected chi connectivity index (χ3v) is 2.82. The number of nitrogens with one attached hydrogen (secondary N) is 1. The Morgan fingerprint density at radius 1 is 1.14 bits per heavy atom. The molecule has 0 aromatic carbocycles. The molecule has 0 bridgehead atoms. The molecule has 14 heavy (non-hydrogen) atoms. The second-order valence-electron chi connectivity index (χ2n) is 4.42. The number of hydrogen-bond donors (Lipinski definition) is 2. The molecule has 2 atom stereocenters. The topological polar surface area (TPSA) is 32.3 Å². The molecule has 2 heteroatoms. The van der Waals surface area contributed by atoms with Crippen molar-refractivity contribution >= 4 is 0 Å². The minimum absolute atomic E-state index is 0.290. The van der Waals surface area contributed by atoms with E-state index in [1.165, 1.54) is 19.3 Å². The van der Waals surface area contributed by atoms with Gasteiger partial charge in [-0.3, -0.25) is 0 Å². The van der Waals surface area contributed by atoms with Crippen molar-refractivity contribution in [2.24, 2.45) is 5.92 Å². The molecule has 0 aliphatic rings. The van der Waals surface area contributed by atoms with Crippen molar-refractivity contribution in [2.75, 3.05) is 6.61 Å². The van der Waals surface area contributed by atoms with Gasteiger partial charge in [0, 0.05) is 18.7 Å². The average molecular weight is 201 g/mol. The SMILES string of the molecule is CCCC(CC)NC(CCO)C(C)C. The summed E-state index contributed by atoms with van der Waals surface area (Å²) in [6, 6.07) is 1.09. The van der Waals surface area contributed by atoms with Crippen LogP contribution in [0.4, 0.5) is 0 Å². The molecule has 0 aromatic rings. The summed E-state index contributed by atoms with van der Waals surface area (Å²) in [5, 5.41) is 12.6. The van der Waals surface area contributed by atoms with Gasteiger partial charge in [0.05, 0.1) is 0 Å². The molecule has 0 aliphatic carbocycles. The Kier molecular flexibility index (Phi) is 8.20.